The van der Waals surface area contributed by atoms with Crippen molar-refractivity contribution in [3.05, 3.63) is 64.3 Å². The lowest BCUT2D eigenvalue weighted by atomic mass is 10.2. The van der Waals surface area contributed by atoms with Crippen LogP contribution in [0.25, 0.3) is 21.5 Å². The van der Waals surface area contributed by atoms with Gasteiger partial charge in [-0.3, -0.25) is 14.4 Å². The lowest BCUT2D eigenvalue weighted by molar-refractivity contribution is -0.141. The molecule has 0 aliphatic heterocycles. The van der Waals surface area contributed by atoms with Crippen LogP contribution in [0.3, 0.4) is 0 Å². The minimum atomic E-state index is -0.512. The van der Waals surface area contributed by atoms with Crippen LogP contribution >= 0.6 is 34.4 Å². The molecule has 0 radical (unpaired) electrons. The van der Waals surface area contributed by atoms with Gasteiger partial charge in [-0.25, -0.2) is 9.78 Å². The van der Waals surface area contributed by atoms with E-state index in [-0.39, 0.29) is 35.4 Å². The number of thioether (sulfide) groups is 1. The highest BCUT2D eigenvalue weighted by molar-refractivity contribution is 8.00. The first kappa shape index (κ1) is 28.2. The van der Waals surface area contributed by atoms with Gasteiger partial charge in [-0.15, -0.1) is 23.1 Å². The van der Waals surface area contributed by atoms with Crippen LogP contribution in [0.5, 0.6) is 0 Å². The molecule has 0 atom stereocenters. The Morgan fingerprint density at radius 1 is 1.10 bits per heavy atom. The number of ether oxygens (including phenoxy) is 2. The molecule has 2 aromatic heterocycles. The zero-order valence-electron chi connectivity index (χ0n) is 21.0. The summed E-state index contributed by atoms with van der Waals surface area (Å²) >= 11 is 3.60. The average molecular weight is 585 g/mol. The fourth-order valence-corrected chi connectivity index (χ4v) is 5.86. The van der Waals surface area contributed by atoms with Crippen molar-refractivity contribution in [2.75, 3.05) is 30.5 Å². The topological polar surface area (TPSA) is 129 Å². The van der Waals surface area contributed by atoms with Gasteiger partial charge in [0.15, 0.2) is 9.93 Å². The van der Waals surface area contributed by atoms with Gasteiger partial charge in [0.1, 0.15) is 6.54 Å². The molecule has 1 N–H and O–H groups in total. The van der Waals surface area contributed by atoms with E-state index >= 15 is 0 Å². The Morgan fingerprint density at radius 2 is 1.90 bits per heavy atom. The molecule has 10 nitrogen and oxygen atoms in total. The Bertz CT molecular complexity index is 1580. The minimum absolute atomic E-state index is 0.0406. The largest absolute Gasteiger partial charge is 0.468 e. The molecule has 0 fully saturated rings. The zero-order valence-corrected chi connectivity index (χ0v) is 23.5. The first-order chi connectivity index (χ1) is 18.9. The second kappa shape index (κ2) is 13.3. The Kier molecular flexibility index (Phi) is 9.63. The summed E-state index contributed by atoms with van der Waals surface area (Å²) in [5.41, 5.74) is 2.70. The van der Waals surface area contributed by atoms with E-state index in [4.69, 9.17) is 9.47 Å². The zero-order chi connectivity index (χ0) is 27.8. The number of fused-ring (bicyclic) bond motifs is 1. The number of carbonyl (C=O) groups excluding carboxylic acids is 4. The Balaban J connectivity index is 1.41. The monoisotopic (exact) mass is 584 g/mol. The first-order valence-corrected chi connectivity index (χ1v) is 14.6. The number of carbonyl (C=O) groups is 4. The van der Waals surface area contributed by atoms with Gasteiger partial charge in [-0.05, 0) is 25.1 Å². The van der Waals surface area contributed by atoms with Gasteiger partial charge in [-0.2, -0.15) is 4.99 Å². The summed E-state index contributed by atoms with van der Waals surface area (Å²) in [6.07, 6.45) is 0. The molecule has 2 amide bonds. The van der Waals surface area contributed by atoms with Crippen molar-refractivity contribution < 1.29 is 28.7 Å². The summed E-state index contributed by atoms with van der Waals surface area (Å²) in [6.45, 7) is 1.81. The van der Waals surface area contributed by atoms with Crippen LogP contribution in [0.15, 0.2) is 58.9 Å². The van der Waals surface area contributed by atoms with Gasteiger partial charge in [0.25, 0.3) is 5.91 Å². The van der Waals surface area contributed by atoms with Crippen molar-refractivity contribution >= 4 is 73.5 Å². The normalized spacial score (nSPS) is 11.4. The van der Waals surface area contributed by atoms with Crippen molar-refractivity contribution in [2.45, 2.75) is 13.5 Å². The summed E-state index contributed by atoms with van der Waals surface area (Å²) in [7, 11) is 1.27. The van der Waals surface area contributed by atoms with Gasteiger partial charge < -0.3 is 19.4 Å². The maximum Gasteiger partial charge on any atom is 0.338 e. The lowest BCUT2D eigenvalue weighted by Crippen LogP contribution is -2.23. The van der Waals surface area contributed by atoms with Crippen LogP contribution in [0, 0.1) is 0 Å². The first-order valence-electron chi connectivity index (χ1n) is 11.7. The molecular formula is C26H24N4O6S3. The third-order valence-corrected chi connectivity index (χ3v) is 7.92. The number of hydrogen-bond acceptors (Lipinski definition) is 10. The van der Waals surface area contributed by atoms with Gasteiger partial charge in [-0.1, -0.05) is 41.7 Å². The van der Waals surface area contributed by atoms with E-state index in [9.17, 15) is 19.2 Å². The van der Waals surface area contributed by atoms with Crippen LogP contribution in [0.1, 0.15) is 17.3 Å². The number of benzene rings is 2. The Labute approximate surface area is 235 Å². The molecule has 0 aliphatic carbocycles. The molecule has 0 bridgehead atoms. The third-order valence-electron chi connectivity index (χ3n) is 5.21. The molecule has 2 heterocycles. The highest BCUT2D eigenvalue weighted by atomic mass is 32.2. The van der Waals surface area contributed by atoms with Crippen LogP contribution in [-0.4, -0.2) is 58.5 Å². The summed E-state index contributed by atoms with van der Waals surface area (Å²) in [5.74, 6) is -1.73. The highest BCUT2D eigenvalue weighted by Crippen LogP contribution is 2.25. The fourth-order valence-electron chi connectivity index (χ4n) is 3.44. The van der Waals surface area contributed by atoms with Gasteiger partial charge >= 0.3 is 11.9 Å². The van der Waals surface area contributed by atoms with Crippen LogP contribution in [0.4, 0.5) is 5.13 Å². The molecule has 39 heavy (non-hydrogen) atoms. The van der Waals surface area contributed by atoms with Gasteiger partial charge in [0.05, 0.1) is 46.7 Å². The predicted molar refractivity (Wildman–Crippen MR) is 152 cm³/mol. The molecule has 4 aromatic rings. The smallest absolute Gasteiger partial charge is 0.338 e. The van der Waals surface area contributed by atoms with Crippen LogP contribution < -0.4 is 10.1 Å². The number of rotatable bonds is 10. The summed E-state index contributed by atoms with van der Waals surface area (Å²) in [6, 6.07) is 14.5. The molecule has 202 valence electrons. The Hall–Kier alpha value is -3.81. The molecule has 0 aliphatic rings. The van der Waals surface area contributed by atoms with E-state index in [0.717, 1.165) is 34.4 Å². The maximum atomic E-state index is 12.6. The fraction of sp³-hybridized carbons (Fsp3) is 0.231. The third kappa shape index (κ3) is 7.40. The van der Waals surface area contributed by atoms with Gasteiger partial charge in [0, 0.05) is 10.9 Å². The number of nitrogens with one attached hydrogen (secondary N) is 1. The predicted octanol–water partition coefficient (Wildman–Crippen LogP) is 3.98. The van der Waals surface area contributed by atoms with E-state index in [1.165, 1.54) is 18.4 Å². The highest BCUT2D eigenvalue weighted by Gasteiger charge is 2.15. The molecule has 0 spiro atoms. The second-order valence-corrected chi connectivity index (χ2v) is 10.8. The van der Waals surface area contributed by atoms with Crippen molar-refractivity contribution in [1.82, 2.24) is 9.55 Å². The average Bonchev–Trinajstić information content (AvgIpc) is 3.53. The van der Waals surface area contributed by atoms with Crippen molar-refractivity contribution in [3.63, 3.8) is 0 Å². The SMILES string of the molecule is CCOC(=O)c1ccc2c(c1)sc(=NC(=O)CSCC(=O)Nc1nc(-c3ccccc3)cs1)n2CC(=O)OC. The molecule has 0 unspecified atom stereocenters. The number of nitrogens with zero attached hydrogens (tertiary/aromatic N) is 3. The number of methoxy groups -OCH3 is 1. The Morgan fingerprint density at radius 3 is 2.64 bits per heavy atom. The second-order valence-electron chi connectivity index (χ2n) is 7.90. The summed E-state index contributed by atoms with van der Waals surface area (Å²) in [4.78, 5) is 58.0. The standard InChI is InChI=1S/C26H24N4O6S3/c1-3-36-24(34)17-9-10-19-20(11-17)39-26(30(19)12-23(33)35-2)29-22(32)15-37-14-21(31)28-25-27-18(13-38-25)16-7-5-4-6-8-16/h4-11,13H,3,12,14-15H2,1-2H3,(H,27,28,31). The van der Waals surface area contributed by atoms with Crippen LogP contribution in [0.2, 0.25) is 0 Å². The van der Waals surface area contributed by atoms with E-state index < -0.39 is 17.8 Å². The van der Waals surface area contributed by atoms with Crippen LogP contribution in [-0.2, 0) is 30.4 Å². The van der Waals surface area contributed by atoms with E-state index in [1.54, 1.807) is 29.7 Å². The van der Waals surface area contributed by atoms with E-state index in [2.05, 4.69) is 15.3 Å². The molecule has 13 heteroatoms. The lowest BCUT2D eigenvalue weighted by Gasteiger charge is -2.05. The van der Waals surface area contributed by atoms with Crippen molar-refractivity contribution in [2.24, 2.45) is 4.99 Å². The number of amides is 2. The molecule has 0 saturated carbocycles. The molecule has 4 rings (SSSR count). The van der Waals surface area contributed by atoms with E-state index in [0.29, 0.717) is 20.9 Å². The molecular weight excluding hydrogens is 561 g/mol. The quantitative estimate of drug-likeness (QED) is 0.277. The number of esters is 2. The minimum Gasteiger partial charge on any atom is -0.468 e. The number of thiazole rings is 2. The number of anilines is 1. The van der Waals surface area contributed by atoms with Crippen molar-refractivity contribution in [1.29, 1.82) is 0 Å². The van der Waals surface area contributed by atoms with E-state index in [1.807, 2.05) is 35.7 Å². The maximum absolute atomic E-state index is 12.6. The number of hydrogen-bond donors (Lipinski definition) is 1. The van der Waals surface area contributed by atoms with Gasteiger partial charge in [0.2, 0.25) is 5.91 Å². The number of aromatic nitrogens is 2. The van der Waals surface area contributed by atoms with Crippen molar-refractivity contribution in [3.8, 4) is 11.3 Å². The summed E-state index contributed by atoms with van der Waals surface area (Å²) in [5, 5.41) is 5.09. The molecule has 2 aromatic carbocycles. The molecule has 0 saturated heterocycles. The summed E-state index contributed by atoms with van der Waals surface area (Å²) < 4.78 is 12.0.